The first-order valence-corrected chi connectivity index (χ1v) is 12.4. The predicted molar refractivity (Wildman–Crippen MR) is 129 cm³/mol. The number of aliphatic carboxylic acids is 1. The molecule has 0 unspecified atom stereocenters. The van der Waals surface area contributed by atoms with Crippen LogP contribution in [-0.4, -0.2) is 41.4 Å². The Balaban J connectivity index is 1.61. The number of ether oxygens (including phenoxy) is 1. The van der Waals surface area contributed by atoms with Crippen LogP contribution in [0, 0.1) is 0 Å². The fraction of sp³-hybridized carbons (Fsp3) is 0.130. The van der Waals surface area contributed by atoms with Gasteiger partial charge in [0, 0.05) is 24.8 Å². The first-order chi connectivity index (χ1) is 16.6. The number of anilines is 1. The molecule has 0 saturated heterocycles. The van der Waals surface area contributed by atoms with E-state index in [1.807, 2.05) is 24.3 Å². The minimum absolute atomic E-state index is 0.0269. The van der Waals surface area contributed by atoms with Gasteiger partial charge in [-0.15, -0.1) is 0 Å². The molecule has 3 aromatic carbocycles. The molecule has 0 fully saturated rings. The molecule has 35 heavy (non-hydrogen) atoms. The number of benzene rings is 3. The summed E-state index contributed by atoms with van der Waals surface area (Å²) in [5.41, 5.74) is 1.99. The second-order valence-electron chi connectivity index (χ2n) is 7.62. The van der Waals surface area contributed by atoms with Crippen molar-refractivity contribution in [3.8, 4) is 17.2 Å². The number of nitrogens with zero attached hydrogens (tertiary/aromatic N) is 1. The molecule has 0 radical (unpaired) electrons. The second kappa shape index (κ2) is 9.74. The number of hydrogen-bond acceptors (Lipinski definition) is 6. The topological polar surface area (TPSA) is 133 Å². The summed E-state index contributed by atoms with van der Waals surface area (Å²) < 4.78 is 33.6. The van der Waals surface area contributed by atoms with Crippen molar-refractivity contribution in [2.24, 2.45) is 0 Å². The summed E-state index contributed by atoms with van der Waals surface area (Å²) in [6, 6.07) is 13.7. The lowest BCUT2D eigenvalue weighted by atomic mass is 10.0. The maximum atomic E-state index is 13.3. The van der Waals surface area contributed by atoms with Gasteiger partial charge in [0.1, 0.15) is 16.4 Å². The second-order valence-corrected chi connectivity index (χ2v) is 10.3. The van der Waals surface area contributed by atoms with Crippen molar-refractivity contribution in [1.29, 1.82) is 0 Å². The normalized spacial score (nSPS) is 13.7. The summed E-state index contributed by atoms with van der Waals surface area (Å²) in [7, 11) is -4.06. The molecule has 0 aliphatic carbocycles. The highest BCUT2D eigenvalue weighted by Gasteiger charge is 2.31. The van der Waals surface area contributed by atoms with Crippen LogP contribution < -0.4 is 10.1 Å². The van der Waals surface area contributed by atoms with E-state index in [2.05, 4.69) is 5.32 Å². The van der Waals surface area contributed by atoms with Gasteiger partial charge in [-0.05, 0) is 41.8 Å². The van der Waals surface area contributed by atoms with E-state index in [4.69, 9.17) is 33.0 Å². The Morgan fingerprint density at radius 3 is 2.31 bits per heavy atom. The summed E-state index contributed by atoms with van der Waals surface area (Å²) >= 11 is 12.4. The zero-order valence-corrected chi connectivity index (χ0v) is 20.2. The minimum Gasteiger partial charge on any atom is -0.507 e. The van der Waals surface area contributed by atoms with Crippen molar-refractivity contribution in [2.75, 3.05) is 11.9 Å². The van der Waals surface area contributed by atoms with Crippen LogP contribution in [-0.2, 0) is 32.6 Å². The molecule has 4 rings (SSSR count). The molecule has 3 aromatic rings. The number of carboxylic acids is 1. The highest BCUT2D eigenvalue weighted by Crippen LogP contribution is 2.40. The van der Waals surface area contributed by atoms with Gasteiger partial charge in [0.25, 0.3) is 0 Å². The van der Waals surface area contributed by atoms with Crippen molar-refractivity contribution in [2.45, 2.75) is 17.9 Å². The van der Waals surface area contributed by atoms with Gasteiger partial charge < -0.3 is 20.3 Å². The standard InChI is InChI=1S/C23H18Cl2N2O7S/c24-17-9-15(26-22(29)23(30)31)10-18(25)21(17)34-16-5-6-19(28)20(11-16)35(32,33)27-8-7-13-3-1-2-4-14(13)12-27/h1-6,9-11,28H,7-8,12H2,(H,26,29)(H,30,31). The third-order valence-electron chi connectivity index (χ3n) is 5.32. The molecule has 0 atom stereocenters. The Hall–Kier alpha value is -3.31. The van der Waals surface area contributed by atoms with E-state index in [0.29, 0.717) is 6.42 Å². The number of aromatic hydroxyl groups is 1. The zero-order chi connectivity index (χ0) is 25.3. The average molecular weight is 537 g/mol. The zero-order valence-electron chi connectivity index (χ0n) is 17.9. The minimum atomic E-state index is -4.06. The third-order valence-corrected chi connectivity index (χ3v) is 7.75. The Labute approximate surface area is 210 Å². The van der Waals surface area contributed by atoms with Gasteiger partial charge in [0.2, 0.25) is 10.0 Å². The highest BCUT2D eigenvalue weighted by atomic mass is 35.5. The molecule has 0 bridgehead atoms. The van der Waals surface area contributed by atoms with Gasteiger partial charge in [-0.2, -0.15) is 4.31 Å². The van der Waals surface area contributed by atoms with E-state index in [0.717, 1.165) is 17.2 Å². The number of halogens is 2. The summed E-state index contributed by atoms with van der Waals surface area (Å²) in [5.74, 6) is -3.43. The monoisotopic (exact) mass is 536 g/mol. The molecule has 9 nitrogen and oxygen atoms in total. The van der Waals surface area contributed by atoms with Crippen LogP contribution in [0.25, 0.3) is 0 Å². The van der Waals surface area contributed by atoms with E-state index in [1.54, 1.807) is 0 Å². The molecule has 0 saturated carbocycles. The van der Waals surface area contributed by atoms with Crippen molar-refractivity contribution in [1.82, 2.24) is 4.31 Å². The smallest absolute Gasteiger partial charge is 0.394 e. The van der Waals surface area contributed by atoms with Crippen LogP contribution in [0.1, 0.15) is 11.1 Å². The lowest BCUT2D eigenvalue weighted by molar-refractivity contribution is -0.147. The van der Waals surface area contributed by atoms with Crippen molar-refractivity contribution in [3.05, 3.63) is 75.8 Å². The molecule has 1 heterocycles. The first-order valence-electron chi connectivity index (χ1n) is 10.2. The number of fused-ring (bicyclic) bond motifs is 1. The van der Waals surface area contributed by atoms with E-state index < -0.39 is 27.6 Å². The Morgan fingerprint density at radius 2 is 1.66 bits per heavy atom. The number of phenols is 1. The SMILES string of the molecule is O=C(O)C(=O)Nc1cc(Cl)c(Oc2ccc(O)c(S(=O)(=O)N3CCc4ccccc4C3)c2)c(Cl)c1. The summed E-state index contributed by atoms with van der Waals surface area (Å²) in [6.07, 6.45) is 0.544. The van der Waals surface area contributed by atoms with Gasteiger partial charge in [-0.3, -0.25) is 4.79 Å². The van der Waals surface area contributed by atoms with Gasteiger partial charge >= 0.3 is 11.9 Å². The molecule has 1 aliphatic rings. The number of hydrogen-bond donors (Lipinski definition) is 3. The van der Waals surface area contributed by atoms with Gasteiger partial charge in [-0.1, -0.05) is 47.5 Å². The van der Waals surface area contributed by atoms with Crippen LogP contribution in [0.4, 0.5) is 5.69 Å². The molecule has 0 aromatic heterocycles. The lowest BCUT2D eigenvalue weighted by Gasteiger charge is -2.28. The van der Waals surface area contributed by atoms with Crippen molar-refractivity contribution < 1.29 is 33.0 Å². The average Bonchev–Trinajstić information content (AvgIpc) is 2.81. The maximum absolute atomic E-state index is 13.3. The molecular formula is C23H18Cl2N2O7S. The molecule has 1 amide bonds. The van der Waals surface area contributed by atoms with Crippen LogP contribution >= 0.6 is 23.2 Å². The van der Waals surface area contributed by atoms with Crippen LogP contribution in [0.3, 0.4) is 0 Å². The number of carbonyl (C=O) groups excluding carboxylic acids is 1. The molecule has 182 valence electrons. The van der Waals surface area contributed by atoms with Crippen molar-refractivity contribution >= 4 is 50.8 Å². The summed E-state index contributed by atoms with van der Waals surface area (Å²) in [4.78, 5) is 21.7. The Morgan fingerprint density at radius 1 is 1.00 bits per heavy atom. The number of carbonyl (C=O) groups is 2. The molecule has 12 heteroatoms. The van der Waals surface area contributed by atoms with Gasteiger partial charge in [0.15, 0.2) is 5.75 Å². The lowest BCUT2D eigenvalue weighted by Crippen LogP contribution is -2.35. The predicted octanol–water partition coefficient (Wildman–Crippen LogP) is 4.26. The fourth-order valence-electron chi connectivity index (χ4n) is 3.61. The molecule has 0 spiro atoms. The van der Waals surface area contributed by atoms with Crippen LogP contribution in [0.5, 0.6) is 17.2 Å². The third kappa shape index (κ3) is 5.20. The van der Waals surface area contributed by atoms with Gasteiger partial charge in [0.05, 0.1) is 10.0 Å². The number of phenolic OH excluding ortho intramolecular Hbond substituents is 1. The molecule has 3 N–H and O–H groups in total. The highest BCUT2D eigenvalue weighted by molar-refractivity contribution is 7.89. The number of carboxylic acid groups (broad SMARTS) is 1. The van der Waals surface area contributed by atoms with Crippen LogP contribution in [0.2, 0.25) is 10.0 Å². The van der Waals surface area contributed by atoms with Crippen molar-refractivity contribution in [3.63, 3.8) is 0 Å². The number of rotatable bonds is 5. The number of nitrogens with one attached hydrogen (secondary N) is 1. The van der Waals surface area contributed by atoms with E-state index in [-0.39, 0.29) is 45.2 Å². The first kappa shape index (κ1) is 24.8. The van der Waals surface area contributed by atoms with E-state index >= 15 is 0 Å². The maximum Gasteiger partial charge on any atom is 0.394 e. The van der Waals surface area contributed by atoms with E-state index in [9.17, 15) is 23.1 Å². The Bertz CT molecular complexity index is 1420. The summed E-state index contributed by atoms with van der Waals surface area (Å²) in [6.45, 7) is 0.426. The van der Waals surface area contributed by atoms with Crippen LogP contribution in [0.15, 0.2) is 59.5 Å². The Kier molecular flexibility index (Phi) is 6.91. The quantitative estimate of drug-likeness (QED) is 0.414. The fourth-order valence-corrected chi connectivity index (χ4v) is 5.69. The number of amides is 1. The number of sulfonamides is 1. The molecule has 1 aliphatic heterocycles. The van der Waals surface area contributed by atoms with Gasteiger partial charge in [-0.25, -0.2) is 13.2 Å². The molecular weight excluding hydrogens is 519 g/mol. The summed E-state index contributed by atoms with van der Waals surface area (Å²) in [5, 5.41) is 21.0. The largest absolute Gasteiger partial charge is 0.507 e. The van der Waals surface area contributed by atoms with E-state index in [1.165, 1.54) is 28.6 Å².